The first-order chi connectivity index (χ1) is 5.59. The van der Waals surface area contributed by atoms with Gasteiger partial charge in [-0.1, -0.05) is 12.1 Å². The van der Waals surface area contributed by atoms with Crippen molar-refractivity contribution in [2.75, 3.05) is 0 Å². The maximum absolute atomic E-state index is 9.25. The van der Waals surface area contributed by atoms with Gasteiger partial charge in [0, 0.05) is 6.04 Å². The van der Waals surface area contributed by atoms with Crippen molar-refractivity contribution in [2.45, 2.75) is 26.3 Å². The molecule has 1 rings (SSSR count). The van der Waals surface area contributed by atoms with Crippen molar-refractivity contribution < 1.29 is 5.11 Å². The van der Waals surface area contributed by atoms with E-state index in [0.29, 0.717) is 5.75 Å². The second-order valence-corrected chi connectivity index (χ2v) is 3.30. The molecule has 0 bridgehead atoms. The first-order valence-corrected chi connectivity index (χ1v) is 4.13. The van der Waals surface area contributed by atoms with Gasteiger partial charge in [-0.3, -0.25) is 0 Å². The van der Waals surface area contributed by atoms with Gasteiger partial charge in [0.1, 0.15) is 5.75 Å². The van der Waals surface area contributed by atoms with E-state index in [1.807, 2.05) is 26.0 Å². The Morgan fingerprint density at radius 2 is 2.17 bits per heavy atom. The number of rotatable bonds is 2. The van der Waals surface area contributed by atoms with E-state index in [0.717, 1.165) is 12.0 Å². The van der Waals surface area contributed by atoms with E-state index >= 15 is 0 Å². The molecule has 2 nitrogen and oxygen atoms in total. The number of aromatic hydroxyl groups is 1. The zero-order valence-electron chi connectivity index (χ0n) is 7.54. The molecule has 3 N–H and O–H groups in total. The first-order valence-electron chi connectivity index (χ1n) is 4.13. The van der Waals surface area contributed by atoms with E-state index in [2.05, 4.69) is 0 Å². The Morgan fingerprint density at radius 1 is 1.50 bits per heavy atom. The highest BCUT2D eigenvalue weighted by Crippen LogP contribution is 2.17. The number of phenols is 1. The molecule has 1 atom stereocenters. The average molecular weight is 165 g/mol. The lowest BCUT2D eigenvalue weighted by Crippen LogP contribution is -2.17. The minimum Gasteiger partial charge on any atom is -0.508 e. The van der Waals surface area contributed by atoms with Crippen molar-refractivity contribution >= 4 is 0 Å². The summed E-state index contributed by atoms with van der Waals surface area (Å²) in [6.45, 7) is 3.86. The molecule has 0 aromatic heterocycles. The number of phenolic OH excluding ortho intramolecular Hbond substituents is 1. The van der Waals surface area contributed by atoms with Gasteiger partial charge in [0.05, 0.1) is 0 Å². The van der Waals surface area contributed by atoms with E-state index in [4.69, 9.17) is 5.73 Å². The van der Waals surface area contributed by atoms with Crippen LogP contribution < -0.4 is 5.73 Å². The highest BCUT2D eigenvalue weighted by atomic mass is 16.3. The van der Waals surface area contributed by atoms with Crippen molar-refractivity contribution in [2.24, 2.45) is 5.73 Å². The highest BCUT2D eigenvalue weighted by Gasteiger charge is 2.00. The molecule has 0 radical (unpaired) electrons. The monoisotopic (exact) mass is 165 g/mol. The lowest BCUT2D eigenvalue weighted by atomic mass is 10.0. The summed E-state index contributed by atoms with van der Waals surface area (Å²) in [6.07, 6.45) is 0.862. The summed E-state index contributed by atoms with van der Waals surface area (Å²) < 4.78 is 0. The summed E-state index contributed by atoms with van der Waals surface area (Å²) in [6, 6.07) is 5.77. The Labute approximate surface area is 73.0 Å². The van der Waals surface area contributed by atoms with Gasteiger partial charge in [0.2, 0.25) is 0 Å². The van der Waals surface area contributed by atoms with Gasteiger partial charge in [-0.15, -0.1) is 0 Å². The molecule has 0 saturated heterocycles. The van der Waals surface area contributed by atoms with Crippen LogP contribution in [0.2, 0.25) is 0 Å². The number of aryl methyl sites for hydroxylation is 1. The van der Waals surface area contributed by atoms with Crippen molar-refractivity contribution in [3.8, 4) is 5.75 Å². The third-order valence-corrected chi connectivity index (χ3v) is 1.82. The number of hydrogen-bond donors (Lipinski definition) is 2. The molecule has 0 spiro atoms. The minimum absolute atomic E-state index is 0.175. The summed E-state index contributed by atoms with van der Waals surface area (Å²) in [4.78, 5) is 0. The molecular weight excluding hydrogens is 150 g/mol. The fourth-order valence-corrected chi connectivity index (χ4v) is 1.22. The molecule has 1 aromatic rings. The van der Waals surface area contributed by atoms with Crippen LogP contribution in [0.25, 0.3) is 0 Å². The second kappa shape index (κ2) is 3.59. The fourth-order valence-electron chi connectivity index (χ4n) is 1.22. The standard InChI is InChI=1S/C10H15NO/c1-7-5-9(6-8(2)11)3-4-10(7)12/h3-5,8,12H,6,11H2,1-2H3/t8-/m1/s1. The van der Waals surface area contributed by atoms with Crippen molar-refractivity contribution in [3.05, 3.63) is 29.3 Å². The average Bonchev–Trinajstić information content (AvgIpc) is 1.96. The summed E-state index contributed by atoms with van der Waals surface area (Å²) in [7, 11) is 0. The lowest BCUT2D eigenvalue weighted by Gasteiger charge is -2.06. The Balaban J connectivity index is 2.82. The van der Waals surface area contributed by atoms with Crippen LogP contribution in [-0.2, 0) is 6.42 Å². The Morgan fingerprint density at radius 3 is 2.67 bits per heavy atom. The number of benzene rings is 1. The summed E-state index contributed by atoms with van der Waals surface area (Å²) in [5.74, 6) is 0.350. The molecule has 66 valence electrons. The maximum atomic E-state index is 9.25. The van der Waals surface area contributed by atoms with Crippen LogP contribution >= 0.6 is 0 Å². The van der Waals surface area contributed by atoms with Gasteiger partial charge in [-0.25, -0.2) is 0 Å². The summed E-state index contributed by atoms with van der Waals surface area (Å²) in [5, 5.41) is 9.25. The Kier molecular flexibility index (Phi) is 2.71. The first kappa shape index (κ1) is 9.07. The van der Waals surface area contributed by atoms with E-state index in [-0.39, 0.29) is 6.04 Å². The van der Waals surface area contributed by atoms with Gasteiger partial charge in [-0.2, -0.15) is 0 Å². The van der Waals surface area contributed by atoms with Crippen LogP contribution in [0.5, 0.6) is 5.75 Å². The van der Waals surface area contributed by atoms with Crippen LogP contribution in [0.1, 0.15) is 18.1 Å². The van der Waals surface area contributed by atoms with Crippen LogP contribution in [0, 0.1) is 6.92 Å². The Bertz CT molecular complexity index is 269. The summed E-state index contributed by atoms with van der Waals surface area (Å²) in [5.41, 5.74) is 7.74. The van der Waals surface area contributed by atoms with Crippen LogP contribution in [0.4, 0.5) is 0 Å². The zero-order valence-corrected chi connectivity index (χ0v) is 7.54. The quantitative estimate of drug-likeness (QED) is 0.699. The maximum Gasteiger partial charge on any atom is 0.118 e. The van der Waals surface area contributed by atoms with Crippen molar-refractivity contribution in [1.82, 2.24) is 0 Å². The van der Waals surface area contributed by atoms with Crippen LogP contribution in [0.3, 0.4) is 0 Å². The van der Waals surface area contributed by atoms with Gasteiger partial charge < -0.3 is 10.8 Å². The zero-order chi connectivity index (χ0) is 9.14. The third kappa shape index (κ3) is 2.24. The number of nitrogens with two attached hydrogens (primary N) is 1. The topological polar surface area (TPSA) is 46.2 Å². The predicted molar refractivity (Wildman–Crippen MR) is 50.2 cm³/mol. The highest BCUT2D eigenvalue weighted by molar-refractivity contribution is 5.35. The van der Waals surface area contributed by atoms with Gasteiger partial charge >= 0.3 is 0 Å². The van der Waals surface area contributed by atoms with E-state index in [9.17, 15) is 5.11 Å². The second-order valence-electron chi connectivity index (χ2n) is 3.30. The van der Waals surface area contributed by atoms with Crippen LogP contribution in [-0.4, -0.2) is 11.1 Å². The molecule has 0 heterocycles. The number of hydrogen-bond acceptors (Lipinski definition) is 2. The van der Waals surface area contributed by atoms with Crippen LogP contribution in [0.15, 0.2) is 18.2 Å². The molecule has 2 heteroatoms. The fraction of sp³-hybridized carbons (Fsp3) is 0.400. The van der Waals surface area contributed by atoms with Gasteiger partial charge in [0.15, 0.2) is 0 Å². The van der Waals surface area contributed by atoms with E-state index < -0.39 is 0 Å². The molecule has 0 aliphatic rings. The normalized spacial score (nSPS) is 12.9. The molecule has 0 saturated carbocycles. The predicted octanol–water partition coefficient (Wildman–Crippen LogP) is 1.59. The molecule has 0 amide bonds. The largest absolute Gasteiger partial charge is 0.508 e. The Hall–Kier alpha value is -1.02. The smallest absolute Gasteiger partial charge is 0.118 e. The molecule has 0 aliphatic heterocycles. The van der Waals surface area contributed by atoms with Crippen molar-refractivity contribution in [3.63, 3.8) is 0 Å². The molecule has 1 aromatic carbocycles. The molecular formula is C10H15NO. The summed E-state index contributed by atoms with van der Waals surface area (Å²) >= 11 is 0. The van der Waals surface area contributed by atoms with E-state index in [1.54, 1.807) is 6.07 Å². The lowest BCUT2D eigenvalue weighted by molar-refractivity contribution is 0.470. The van der Waals surface area contributed by atoms with Gasteiger partial charge in [0.25, 0.3) is 0 Å². The third-order valence-electron chi connectivity index (χ3n) is 1.82. The molecule has 0 unspecified atom stereocenters. The minimum atomic E-state index is 0.175. The SMILES string of the molecule is Cc1cc(C[C@@H](C)N)ccc1O. The van der Waals surface area contributed by atoms with E-state index in [1.165, 1.54) is 5.56 Å². The van der Waals surface area contributed by atoms with Gasteiger partial charge in [-0.05, 0) is 37.5 Å². The molecule has 0 aliphatic carbocycles. The molecule has 12 heavy (non-hydrogen) atoms. The van der Waals surface area contributed by atoms with Crippen molar-refractivity contribution in [1.29, 1.82) is 0 Å². The molecule has 0 fully saturated rings.